The second-order valence-corrected chi connectivity index (χ2v) is 10.1. The SMILES string of the molecule is Cc1ccc(S(=O)(=O)NC2CC3CCC2C(C=CC=CCCCC(=O)O)C3)cc1. The highest BCUT2D eigenvalue weighted by Gasteiger charge is 2.42. The summed E-state index contributed by atoms with van der Waals surface area (Å²) in [4.78, 5) is 10.9. The number of sulfonamides is 1. The van der Waals surface area contributed by atoms with Crippen molar-refractivity contribution in [2.24, 2.45) is 17.8 Å². The van der Waals surface area contributed by atoms with Crippen molar-refractivity contribution in [1.82, 2.24) is 4.72 Å². The van der Waals surface area contributed by atoms with Gasteiger partial charge in [-0.05, 0) is 68.9 Å². The van der Waals surface area contributed by atoms with Gasteiger partial charge in [-0.1, -0.05) is 48.4 Å². The van der Waals surface area contributed by atoms with Gasteiger partial charge >= 0.3 is 5.97 Å². The Labute approximate surface area is 174 Å². The number of benzene rings is 1. The van der Waals surface area contributed by atoms with E-state index in [0.29, 0.717) is 29.1 Å². The fourth-order valence-corrected chi connectivity index (χ4v) is 5.96. The number of aryl methyl sites for hydroxylation is 1. The van der Waals surface area contributed by atoms with Crippen molar-refractivity contribution in [2.45, 2.75) is 62.8 Å². The second kappa shape index (κ2) is 9.72. The molecule has 4 rings (SSSR count). The molecule has 3 saturated carbocycles. The standard InChI is InChI=1S/C23H31NO4S/c1-17-9-12-20(13-10-17)29(27,28)24-22-16-18-11-14-21(22)19(15-18)7-5-3-2-4-6-8-23(25)26/h2-3,5,7,9-10,12-13,18-19,21-22,24H,4,6,8,11,14-16H2,1H3,(H,25,26). The summed E-state index contributed by atoms with van der Waals surface area (Å²) in [7, 11) is -3.50. The van der Waals surface area contributed by atoms with Gasteiger partial charge in [-0.3, -0.25) is 4.79 Å². The third-order valence-electron chi connectivity index (χ3n) is 6.17. The smallest absolute Gasteiger partial charge is 0.303 e. The lowest BCUT2D eigenvalue weighted by atomic mass is 9.62. The van der Waals surface area contributed by atoms with Gasteiger partial charge in [0.2, 0.25) is 10.0 Å². The summed E-state index contributed by atoms with van der Waals surface area (Å²) >= 11 is 0. The number of carboxylic acid groups (broad SMARTS) is 1. The van der Waals surface area contributed by atoms with Crippen LogP contribution in [0.1, 0.15) is 50.5 Å². The van der Waals surface area contributed by atoms with E-state index in [2.05, 4.69) is 10.8 Å². The van der Waals surface area contributed by atoms with Crippen LogP contribution in [0, 0.1) is 24.7 Å². The number of carboxylic acids is 1. The molecule has 5 nitrogen and oxygen atoms in total. The summed E-state index contributed by atoms with van der Waals surface area (Å²) in [6.45, 7) is 1.95. The Morgan fingerprint density at radius 1 is 1.17 bits per heavy atom. The van der Waals surface area contributed by atoms with Gasteiger partial charge in [0.1, 0.15) is 0 Å². The van der Waals surface area contributed by atoms with Gasteiger partial charge in [-0.2, -0.15) is 0 Å². The highest BCUT2D eigenvalue weighted by atomic mass is 32.2. The maximum atomic E-state index is 12.8. The predicted molar refractivity (Wildman–Crippen MR) is 114 cm³/mol. The van der Waals surface area contributed by atoms with E-state index in [9.17, 15) is 13.2 Å². The van der Waals surface area contributed by atoms with Crippen LogP contribution >= 0.6 is 0 Å². The lowest BCUT2D eigenvalue weighted by molar-refractivity contribution is -0.137. The van der Waals surface area contributed by atoms with Crippen molar-refractivity contribution in [3.05, 3.63) is 54.1 Å². The van der Waals surface area contributed by atoms with Crippen molar-refractivity contribution in [2.75, 3.05) is 0 Å². The summed E-state index contributed by atoms with van der Waals surface area (Å²) < 4.78 is 28.6. The molecule has 0 aliphatic heterocycles. The second-order valence-electron chi connectivity index (χ2n) is 8.38. The van der Waals surface area contributed by atoms with Gasteiger partial charge in [0.25, 0.3) is 0 Å². The monoisotopic (exact) mass is 417 g/mol. The highest BCUT2D eigenvalue weighted by molar-refractivity contribution is 7.89. The van der Waals surface area contributed by atoms with Crippen LogP contribution in [0.3, 0.4) is 0 Å². The Balaban J connectivity index is 1.59. The lowest BCUT2D eigenvalue weighted by Gasteiger charge is -2.46. The molecule has 2 N–H and O–H groups in total. The Morgan fingerprint density at radius 2 is 1.93 bits per heavy atom. The molecule has 0 saturated heterocycles. The number of unbranched alkanes of at least 4 members (excludes halogenated alkanes) is 1. The quantitative estimate of drug-likeness (QED) is 0.459. The maximum absolute atomic E-state index is 12.8. The predicted octanol–water partition coefficient (Wildman–Crippen LogP) is 4.45. The average molecular weight is 418 g/mol. The molecule has 1 aromatic rings. The van der Waals surface area contributed by atoms with Gasteiger partial charge < -0.3 is 5.11 Å². The molecule has 4 unspecified atom stereocenters. The van der Waals surface area contributed by atoms with Gasteiger partial charge in [0.05, 0.1) is 4.90 Å². The molecule has 6 heteroatoms. The van der Waals surface area contributed by atoms with Crippen LogP contribution in [0.25, 0.3) is 0 Å². The van der Waals surface area contributed by atoms with E-state index in [1.54, 1.807) is 12.1 Å². The Morgan fingerprint density at radius 3 is 2.62 bits per heavy atom. The largest absolute Gasteiger partial charge is 0.481 e. The minimum Gasteiger partial charge on any atom is -0.481 e. The minimum absolute atomic E-state index is 0.0111. The summed E-state index contributed by atoms with van der Waals surface area (Å²) in [6.07, 6.45) is 14.1. The molecule has 0 aromatic heterocycles. The zero-order valence-electron chi connectivity index (χ0n) is 17.0. The summed E-state index contributed by atoms with van der Waals surface area (Å²) in [5.74, 6) is 0.528. The van der Waals surface area contributed by atoms with E-state index in [-0.39, 0.29) is 12.5 Å². The topological polar surface area (TPSA) is 83.5 Å². The molecule has 0 heterocycles. The maximum Gasteiger partial charge on any atom is 0.303 e. The molecule has 3 aliphatic carbocycles. The molecular weight excluding hydrogens is 386 g/mol. The molecule has 3 fully saturated rings. The van der Waals surface area contributed by atoms with E-state index < -0.39 is 16.0 Å². The number of hydrogen-bond acceptors (Lipinski definition) is 3. The van der Waals surface area contributed by atoms with Crippen molar-refractivity contribution in [3.63, 3.8) is 0 Å². The molecule has 2 bridgehead atoms. The fraction of sp³-hybridized carbons (Fsp3) is 0.522. The number of allylic oxidation sites excluding steroid dienone is 4. The lowest BCUT2D eigenvalue weighted by Crippen LogP contribution is -2.50. The molecule has 0 radical (unpaired) electrons. The van der Waals surface area contributed by atoms with Crippen molar-refractivity contribution in [1.29, 1.82) is 0 Å². The first-order valence-corrected chi connectivity index (χ1v) is 12.0. The number of carbonyl (C=O) groups is 1. The average Bonchev–Trinajstić information content (AvgIpc) is 2.67. The zero-order chi connectivity index (χ0) is 20.9. The third kappa shape index (κ3) is 6.03. The van der Waals surface area contributed by atoms with E-state index >= 15 is 0 Å². The van der Waals surface area contributed by atoms with Crippen LogP contribution < -0.4 is 4.72 Å². The number of rotatable bonds is 9. The summed E-state index contributed by atoms with van der Waals surface area (Å²) in [6, 6.07) is 6.99. The van der Waals surface area contributed by atoms with Gasteiger partial charge in [-0.25, -0.2) is 13.1 Å². The Bertz CT molecular complexity index is 857. The molecule has 3 aliphatic rings. The Kier molecular flexibility index (Phi) is 7.30. The van der Waals surface area contributed by atoms with E-state index in [1.165, 1.54) is 6.42 Å². The number of aliphatic carboxylic acids is 1. The number of hydrogen-bond donors (Lipinski definition) is 2. The fourth-order valence-electron chi connectivity index (χ4n) is 4.66. The van der Waals surface area contributed by atoms with Gasteiger partial charge in [0, 0.05) is 12.5 Å². The molecule has 158 valence electrons. The van der Waals surface area contributed by atoms with Crippen molar-refractivity contribution in [3.8, 4) is 0 Å². The molecule has 0 amide bonds. The van der Waals surface area contributed by atoms with Crippen LogP contribution in [-0.2, 0) is 14.8 Å². The van der Waals surface area contributed by atoms with Crippen molar-refractivity contribution >= 4 is 16.0 Å². The summed E-state index contributed by atoms with van der Waals surface area (Å²) in [5, 5.41) is 8.65. The summed E-state index contributed by atoms with van der Waals surface area (Å²) in [5.41, 5.74) is 1.04. The van der Waals surface area contributed by atoms with Gasteiger partial charge in [0.15, 0.2) is 0 Å². The number of nitrogens with one attached hydrogen (secondary N) is 1. The first-order valence-electron chi connectivity index (χ1n) is 10.5. The molecule has 1 aromatic carbocycles. The number of fused-ring (bicyclic) bond motifs is 3. The van der Waals surface area contributed by atoms with Crippen molar-refractivity contribution < 1.29 is 18.3 Å². The van der Waals surface area contributed by atoms with E-state index in [0.717, 1.165) is 31.2 Å². The normalized spacial score (nSPS) is 27.1. The Hall–Kier alpha value is -1.92. The zero-order valence-corrected chi connectivity index (χ0v) is 17.8. The molecule has 0 spiro atoms. The molecule has 4 atom stereocenters. The third-order valence-corrected chi connectivity index (χ3v) is 7.68. The van der Waals surface area contributed by atoms with Crippen LogP contribution in [0.15, 0.2) is 53.5 Å². The van der Waals surface area contributed by atoms with E-state index in [4.69, 9.17) is 5.11 Å². The van der Waals surface area contributed by atoms with Crippen LogP contribution in [0.5, 0.6) is 0 Å². The highest BCUT2D eigenvalue weighted by Crippen LogP contribution is 2.46. The first kappa shape index (κ1) is 21.8. The first-order chi connectivity index (χ1) is 13.8. The van der Waals surface area contributed by atoms with Crippen LogP contribution in [0.4, 0.5) is 0 Å². The van der Waals surface area contributed by atoms with E-state index in [1.807, 2.05) is 37.3 Å². The molecular formula is C23H31NO4S. The minimum atomic E-state index is -3.50. The van der Waals surface area contributed by atoms with Gasteiger partial charge in [-0.15, -0.1) is 0 Å². The van der Waals surface area contributed by atoms with Crippen LogP contribution in [-0.4, -0.2) is 25.5 Å². The molecule has 29 heavy (non-hydrogen) atoms. The van der Waals surface area contributed by atoms with Crippen LogP contribution in [0.2, 0.25) is 0 Å².